The van der Waals surface area contributed by atoms with Crippen LogP contribution in [0.3, 0.4) is 0 Å². The fourth-order valence-electron chi connectivity index (χ4n) is 2.56. The Morgan fingerprint density at radius 1 is 1.25 bits per heavy atom. The van der Waals surface area contributed by atoms with Crippen LogP contribution in [0.25, 0.3) is 0 Å². The largest absolute Gasteiger partial charge is 0.394 e. The van der Waals surface area contributed by atoms with Gasteiger partial charge < -0.3 is 15.1 Å². The standard InChI is InChI=1S/C12H23NO3/c1-2-12(8-14,9-15)13(10-16)11-6-4-3-5-7-11/h10-11,14-15H,2-9H2,1H3. The van der Waals surface area contributed by atoms with Gasteiger partial charge in [0.1, 0.15) is 0 Å². The molecule has 0 bridgehead atoms. The Hall–Kier alpha value is -0.610. The number of carbonyl (C=O) groups is 1. The van der Waals surface area contributed by atoms with Crippen molar-refractivity contribution in [3.63, 3.8) is 0 Å². The summed E-state index contributed by atoms with van der Waals surface area (Å²) in [6.07, 6.45) is 6.83. The van der Waals surface area contributed by atoms with Gasteiger partial charge in [0, 0.05) is 6.04 Å². The van der Waals surface area contributed by atoms with Crippen molar-refractivity contribution in [2.24, 2.45) is 0 Å². The number of carbonyl (C=O) groups excluding carboxylic acids is 1. The number of aliphatic hydroxyl groups excluding tert-OH is 2. The van der Waals surface area contributed by atoms with E-state index in [0.717, 1.165) is 32.1 Å². The smallest absolute Gasteiger partial charge is 0.210 e. The molecule has 2 N–H and O–H groups in total. The van der Waals surface area contributed by atoms with Crippen molar-refractivity contribution in [3.8, 4) is 0 Å². The zero-order valence-corrected chi connectivity index (χ0v) is 10.1. The third-order valence-electron chi connectivity index (χ3n) is 3.88. The van der Waals surface area contributed by atoms with Crippen LogP contribution in [0.1, 0.15) is 45.4 Å². The zero-order chi connectivity index (χ0) is 12.0. The molecule has 16 heavy (non-hydrogen) atoms. The van der Waals surface area contributed by atoms with Gasteiger partial charge in [0.25, 0.3) is 0 Å². The van der Waals surface area contributed by atoms with Crippen LogP contribution in [0, 0.1) is 0 Å². The van der Waals surface area contributed by atoms with Crippen molar-refractivity contribution in [3.05, 3.63) is 0 Å². The third-order valence-corrected chi connectivity index (χ3v) is 3.88. The minimum Gasteiger partial charge on any atom is -0.394 e. The molecule has 0 aromatic heterocycles. The second kappa shape index (κ2) is 6.21. The number of rotatable bonds is 6. The van der Waals surface area contributed by atoms with Crippen molar-refractivity contribution < 1.29 is 15.0 Å². The molecular formula is C12H23NO3. The van der Waals surface area contributed by atoms with Crippen LogP contribution in [-0.2, 0) is 4.79 Å². The molecule has 0 aromatic carbocycles. The Kier molecular flexibility index (Phi) is 5.22. The minimum absolute atomic E-state index is 0.171. The second-order valence-electron chi connectivity index (χ2n) is 4.70. The molecule has 0 saturated heterocycles. The Labute approximate surface area is 97.3 Å². The molecule has 0 unspecified atom stereocenters. The molecule has 0 spiro atoms. The third kappa shape index (κ3) is 2.55. The van der Waals surface area contributed by atoms with Crippen molar-refractivity contribution in [1.29, 1.82) is 0 Å². The summed E-state index contributed by atoms with van der Waals surface area (Å²) in [7, 11) is 0. The molecule has 0 heterocycles. The molecule has 4 heteroatoms. The molecular weight excluding hydrogens is 206 g/mol. The van der Waals surface area contributed by atoms with E-state index in [9.17, 15) is 15.0 Å². The van der Waals surface area contributed by atoms with Gasteiger partial charge in [-0.1, -0.05) is 26.2 Å². The van der Waals surface area contributed by atoms with Gasteiger partial charge in [-0.25, -0.2) is 0 Å². The van der Waals surface area contributed by atoms with Gasteiger partial charge in [0.05, 0.1) is 18.8 Å². The summed E-state index contributed by atoms with van der Waals surface area (Å²) >= 11 is 0. The SMILES string of the molecule is CCC(CO)(CO)N(C=O)C1CCCCC1. The Bertz CT molecular complexity index is 202. The van der Waals surface area contributed by atoms with E-state index in [0.29, 0.717) is 6.42 Å². The van der Waals surface area contributed by atoms with Crippen molar-refractivity contribution in [1.82, 2.24) is 4.90 Å². The lowest BCUT2D eigenvalue weighted by molar-refractivity contribution is -0.134. The number of amides is 1. The molecule has 1 fully saturated rings. The maximum atomic E-state index is 11.2. The lowest BCUT2D eigenvalue weighted by atomic mass is 9.88. The van der Waals surface area contributed by atoms with E-state index in [2.05, 4.69) is 0 Å². The number of aliphatic hydroxyl groups is 2. The maximum Gasteiger partial charge on any atom is 0.210 e. The molecule has 1 aliphatic rings. The van der Waals surface area contributed by atoms with E-state index in [1.54, 1.807) is 4.90 Å². The van der Waals surface area contributed by atoms with Crippen molar-refractivity contribution in [2.75, 3.05) is 13.2 Å². The predicted octanol–water partition coefficient (Wildman–Crippen LogP) is 0.911. The number of nitrogens with zero attached hydrogens (tertiary/aromatic N) is 1. The van der Waals surface area contributed by atoms with Crippen molar-refractivity contribution >= 4 is 6.41 Å². The van der Waals surface area contributed by atoms with Crippen LogP contribution in [-0.4, -0.2) is 46.3 Å². The summed E-state index contributed by atoms with van der Waals surface area (Å²) in [6, 6.07) is 0.186. The van der Waals surface area contributed by atoms with Crippen LogP contribution in [0.5, 0.6) is 0 Å². The highest BCUT2D eigenvalue weighted by atomic mass is 16.3. The molecule has 1 saturated carbocycles. The first kappa shape index (κ1) is 13.5. The van der Waals surface area contributed by atoms with E-state index in [1.807, 2.05) is 6.92 Å². The lowest BCUT2D eigenvalue weighted by Crippen LogP contribution is -2.57. The van der Waals surface area contributed by atoms with Gasteiger partial charge in [-0.2, -0.15) is 0 Å². The van der Waals surface area contributed by atoms with Crippen LogP contribution in [0.15, 0.2) is 0 Å². The average molecular weight is 229 g/mol. The molecule has 0 aromatic rings. The second-order valence-corrected chi connectivity index (χ2v) is 4.70. The number of hydrogen-bond acceptors (Lipinski definition) is 3. The minimum atomic E-state index is -0.774. The lowest BCUT2D eigenvalue weighted by Gasteiger charge is -2.44. The van der Waals surface area contributed by atoms with Crippen LogP contribution in [0.4, 0.5) is 0 Å². The first-order valence-electron chi connectivity index (χ1n) is 6.19. The zero-order valence-electron chi connectivity index (χ0n) is 10.1. The first-order valence-corrected chi connectivity index (χ1v) is 6.19. The summed E-state index contributed by atoms with van der Waals surface area (Å²) < 4.78 is 0. The van der Waals surface area contributed by atoms with E-state index in [4.69, 9.17) is 0 Å². The van der Waals surface area contributed by atoms with Gasteiger partial charge in [-0.15, -0.1) is 0 Å². The normalized spacial score (nSPS) is 18.4. The molecule has 0 atom stereocenters. The highest BCUT2D eigenvalue weighted by molar-refractivity contribution is 5.50. The molecule has 0 aliphatic heterocycles. The summed E-state index contributed by atoms with van der Waals surface area (Å²) in [4.78, 5) is 12.9. The van der Waals surface area contributed by atoms with Gasteiger partial charge in [0.2, 0.25) is 6.41 Å². The fraction of sp³-hybridized carbons (Fsp3) is 0.917. The summed E-state index contributed by atoms with van der Waals surface area (Å²) in [5.41, 5.74) is -0.774. The van der Waals surface area contributed by atoms with Gasteiger partial charge in [-0.05, 0) is 19.3 Å². The van der Waals surface area contributed by atoms with Gasteiger partial charge in [-0.3, -0.25) is 4.79 Å². The van der Waals surface area contributed by atoms with E-state index in [1.165, 1.54) is 6.42 Å². The van der Waals surface area contributed by atoms with Crippen molar-refractivity contribution in [2.45, 2.75) is 57.0 Å². The summed E-state index contributed by atoms with van der Waals surface area (Å²) in [5, 5.41) is 18.9. The molecule has 94 valence electrons. The summed E-state index contributed by atoms with van der Waals surface area (Å²) in [5.74, 6) is 0. The molecule has 1 rings (SSSR count). The Balaban J connectivity index is 2.80. The molecule has 0 radical (unpaired) electrons. The molecule has 1 amide bonds. The Morgan fingerprint density at radius 3 is 2.19 bits per heavy atom. The highest BCUT2D eigenvalue weighted by Crippen LogP contribution is 2.28. The van der Waals surface area contributed by atoms with Crippen LogP contribution in [0.2, 0.25) is 0 Å². The van der Waals surface area contributed by atoms with E-state index in [-0.39, 0.29) is 19.3 Å². The quantitative estimate of drug-likeness (QED) is 0.666. The molecule has 1 aliphatic carbocycles. The highest BCUT2D eigenvalue weighted by Gasteiger charge is 2.37. The van der Waals surface area contributed by atoms with Gasteiger partial charge in [0.15, 0.2) is 0 Å². The van der Waals surface area contributed by atoms with Crippen LogP contribution < -0.4 is 0 Å². The van der Waals surface area contributed by atoms with E-state index >= 15 is 0 Å². The average Bonchev–Trinajstić information content (AvgIpc) is 2.37. The first-order chi connectivity index (χ1) is 7.74. The van der Waals surface area contributed by atoms with Crippen LogP contribution >= 0.6 is 0 Å². The Morgan fingerprint density at radius 2 is 1.81 bits per heavy atom. The fourth-order valence-corrected chi connectivity index (χ4v) is 2.56. The number of hydrogen-bond donors (Lipinski definition) is 2. The topological polar surface area (TPSA) is 60.8 Å². The summed E-state index contributed by atoms with van der Waals surface area (Å²) in [6.45, 7) is 1.55. The molecule has 4 nitrogen and oxygen atoms in total. The van der Waals surface area contributed by atoms with Gasteiger partial charge >= 0.3 is 0 Å². The maximum absolute atomic E-state index is 11.2. The van der Waals surface area contributed by atoms with E-state index < -0.39 is 5.54 Å². The predicted molar refractivity (Wildman–Crippen MR) is 62.0 cm³/mol. The monoisotopic (exact) mass is 229 g/mol.